The Morgan fingerprint density at radius 3 is 2.48 bits per heavy atom. The number of sulfonamides is 1. The molecule has 0 spiro atoms. The molecule has 0 radical (unpaired) electrons. The van der Waals surface area contributed by atoms with Gasteiger partial charge in [0.1, 0.15) is 5.82 Å². The van der Waals surface area contributed by atoms with E-state index in [1.807, 2.05) is 0 Å². The molecule has 2 fully saturated rings. The number of carbonyl (C=O) groups is 1. The zero-order valence-corrected chi connectivity index (χ0v) is 14.0. The highest BCUT2D eigenvalue weighted by molar-refractivity contribution is 7.89. The van der Waals surface area contributed by atoms with Crippen LogP contribution in [0.3, 0.4) is 0 Å². The lowest BCUT2D eigenvalue weighted by Gasteiger charge is -2.24. The third kappa shape index (κ3) is 2.37. The Morgan fingerprint density at radius 1 is 1.35 bits per heavy atom. The van der Waals surface area contributed by atoms with E-state index in [1.165, 1.54) is 16.4 Å². The molecule has 1 saturated carbocycles. The lowest BCUT2D eigenvalue weighted by Crippen LogP contribution is -2.37. The summed E-state index contributed by atoms with van der Waals surface area (Å²) in [4.78, 5) is 11.8. The minimum Gasteiger partial charge on any atom is -0.481 e. The molecule has 2 atom stereocenters. The number of benzene rings is 1. The minimum absolute atomic E-state index is 0.00555. The number of fused-ring (bicyclic) bond motifs is 1. The lowest BCUT2D eigenvalue weighted by atomic mass is 9.81. The maximum Gasteiger partial charge on any atom is 0.311 e. The fourth-order valence-corrected chi connectivity index (χ4v) is 6.18. The van der Waals surface area contributed by atoms with Crippen LogP contribution in [0.4, 0.5) is 4.39 Å². The number of hydrogen-bond acceptors (Lipinski definition) is 3. The molecule has 126 valence electrons. The number of aryl methyl sites for hydroxylation is 2. The van der Waals surface area contributed by atoms with Gasteiger partial charge >= 0.3 is 5.97 Å². The number of aliphatic carboxylic acids is 1. The molecule has 2 aliphatic rings. The first kappa shape index (κ1) is 16.4. The van der Waals surface area contributed by atoms with Crippen molar-refractivity contribution in [1.29, 1.82) is 0 Å². The summed E-state index contributed by atoms with van der Waals surface area (Å²) in [7, 11) is -3.83. The van der Waals surface area contributed by atoms with Crippen LogP contribution < -0.4 is 0 Å². The van der Waals surface area contributed by atoms with Crippen molar-refractivity contribution in [3.63, 3.8) is 0 Å². The SMILES string of the molecule is Cc1cc(F)cc(C)c1S(=O)(=O)N1C[C@@H]2CCC[C@@]2(C(=O)O)C1. The van der Waals surface area contributed by atoms with E-state index in [2.05, 4.69) is 0 Å². The number of rotatable bonds is 3. The normalized spacial score (nSPS) is 28.0. The standard InChI is InChI=1S/C16H20FNO4S/c1-10-6-13(17)7-11(2)14(10)23(21,22)18-8-12-4-3-5-16(12,9-18)15(19)20/h6-7,12H,3-5,8-9H2,1-2H3,(H,19,20)/t12-,16+/m0/s1. The van der Waals surface area contributed by atoms with Gasteiger partial charge in [-0.25, -0.2) is 12.8 Å². The molecule has 1 aromatic rings. The topological polar surface area (TPSA) is 74.7 Å². The Balaban J connectivity index is 2.02. The summed E-state index contributed by atoms with van der Waals surface area (Å²) < 4.78 is 40.7. The van der Waals surface area contributed by atoms with Gasteiger partial charge < -0.3 is 5.11 Å². The maximum absolute atomic E-state index is 13.4. The van der Waals surface area contributed by atoms with Crippen molar-refractivity contribution < 1.29 is 22.7 Å². The van der Waals surface area contributed by atoms with Crippen molar-refractivity contribution in [3.8, 4) is 0 Å². The molecule has 0 amide bonds. The van der Waals surface area contributed by atoms with Gasteiger partial charge in [-0.3, -0.25) is 4.79 Å². The van der Waals surface area contributed by atoms with Crippen molar-refractivity contribution in [2.24, 2.45) is 11.3 Å². The molecule has 1 aliphatic carbocycles. The zero-order chi connectivity index (χ0) is 17.0. The van der Waals surface area contributed by atoms with Gasteiger partial charge in [-0.05, 0) is 55.9 Å². The van der Waals surface area contributed by atoms with Crippen LogP contribution in [0.25, 0.3) is 0 Å². The van der Waals surface area contributed by atoms with Crippen LogP contribution in [0.15, 0.2) is 17.0 Å². The summed E-state index contributed by atoms with van der Waals surface area (Å²) in [6.45, 7) is 3.36. The summed E-state index contributed by atoms with van der Waals surface area (Å²) in [5.41, 5.74) is -0.262. The summed E-state index contributed by atoms with van der Waals surface area (Å²) in [5.74, 6) is -1.53. The van der Waals surface area contributed by atoms with E-state index >= 15 is 0 Å². The number of carboxylic acid groups (broad SMARTS) is 1. The fraction of sp³-hybridized carbons (Fsp3) is 0.562. The van der Waals surface area contributed by atoms with Crippen molar-refractivity contribution in [2.75, 3.05) is 13.1 Å². The molecule has 5 nitrogen and oxygen atoms in total. The van der Waals surface area contributed by atoms with E-state index in [-0.39, 0.29) is 23.9 Å². The van der Waals surface area contributed by atoms with Crippen molar-refractivity contribution in [3.05, 3.63) is 29.1 Å². The second-order valence-corrected chi connectivity index (χ2v) is 8.59. The first-order valence-electron chi connectivity index (χ1n) is 7.69. The average molecular weight is 341 g/mol. The Hall–Kier alpha value is -1.47. The van der Waals surface area contributed by atoms with Gasteiger partial charge in [0.15, 0.2) is 0 Å². The second-order valence-electron chi connectivity index (χ2n) is 6.72. The Kier molecular flexibility index (Phi) is 3.76. The highest BCUT2D eigenvalue weighted by atomic mass is 32.2. The molecule has 0 aromatic heterocycles. The molecule has 1 aromatic carbocycles. The van der Waals surface area contributed by atoms with Crippen LogP contribution in [0.1, 0.15) is 30.4 Å². The van der Waals surface area contributed by atoms with Crippen molar-refractivity contribution in [1.82, 2.24) is 4.31 Å². The molecule has 1 N–H and O–H groups in total. The van der Waals surface area contributed by atoms with E-state index < -0.39 is 27.2 Å². The quantitative estimate of drug-likeness (QED) is 0.915. The third-order valence-corrected chi connectivity index (χ3v) is 7.41. The van der Waals surface area contributed by atoms with Crippen LogP contribution in [0.5, 0.6) is 0 Å². The molecule has 23 heavy (non-hydrogen) atoms. The highest BCUT2D eigenvalue weighted by Crippen LogP contribution is 2.50. The molecule has 3 rings (SSSR count). The third-order valence-electron chi connectivity index (χ3n) is 5.29. The van der Waals surface area contributed by atoms with Gasteiger partial charge in [-0.2, -0.15) is 4.31 Å². The predicted octanol–water partition coefficient (Wildman–Crippen LogP) is 2.32. The molecular formula is C16H20FNO4S. The van der Waals surface area contributed by atoms with E-state index in [4.69, 9.17) is 0 Å². The first-order chi connectivity index (χ1) is 10.7. The minimum atomic E-state index is -3.83. The number of halogens is 1. The summed E-state index contributed by atoms with van der Waals surface area (Å²) >= 11 is 0. The maximum atomic E-state index is 13.4. The highest BCUT2D eigenvalue weighted by Gasteiger charge is 2.57. The van der Waals surface area contributed by atoms with Crippen LogP contribution in [-0.4, -0.2) is 36.9 Å². The smallest absolute Gasteiger partial charge is 0.311 e. The lowest BCUT2D eigenvalue weighted by molar-refractivity contribution is -0.149. The van der Waals surface area contributed by atoms with Gasteiger partial charge in [-0.1, -0.05) is 6.42 Å². The molecule has 1 heterocycles. The average Bonchev–Trinajstić information content (AvgIpc) is 2.93. The number of carboxylic acids is 1. The Bertz CT molecular complexity index is 753. The molecular weight excluding hydrogens is 321 g/mol. The largest absolute Gasteiger partial charge is 0.481 e. The van der Waals surface area contributed by atoms with Crippen LogP contribution in [-0.2, 0) is 14.8 Å². The summed E-state index contributed by atoms with van der Waals surface area (Å²) in [5, 5.41) is 9.60. The first-order valence-corrected chi connectivity index (χ1v) is 9.13. The fourth-order valence-electron chi connectivity index (χ4n) is 4.21. The van der Waals surface area contributed by atoms with Gasteiger partial charge in [0.25, 0.3) is 0 Å². The van der Waals surface area contributed by atoms with Gasteiger partial charge in [0.05, 0.1) is 10.3 Å². The van der Waals surface area contributed by atoms with E-state index in [0.29, 0.717) is 17.5 Å². The van der Waals surface area contributed by atoms with Gasteiger partial charge in [0.2, 0.25) is 10.0 Å². The van der Waals surface area contributed by atoms with E-state index in [9.17, 15) is 22.7 Å². The van der Waals surface area contributed by atoms with Gasteiger partial charge in [0, 0.05) is 13.1 Å². The Labute approximate surface area is 135 Å². The summed E-state index contributed by atoms with van der Waals surface area (Å²) in [6, 6.07) is 2.40. The number of nitrogens with zero attached hydrogens (tertiary/aromatic N) is 1. The molecule has 0 bridgehead atoms. The predicted molar refractivity (Wildman–Crippen MR) is 82.0 cm³/mol. The molecule has 0 unspecified atom stereocenters. The van der Waals surface area contributed by atoms with Crippen LogP contribution in [0, 0.1) is 31.0 Å². The summed E-state index contributed by atoms with van der Waals surface area (Å²) in [6.07, 6.45) is 2.07. The second kappa shape index (κ2) is 5.27. The van der Waals surface area contributed by atoms with Crippen LogP contribution >= 0.6 is 0 Å². The molecule has 7 heteroatoms. The van der Waals surface area contributed by atoms with Crippen molar-refractivity contribution in [2.45, 2.75) is 38.0 Å². The molecule has 1 saturated heterocycles. The monoisotopic (exact) mass is 341 g/mol. The molecule has 1 aliphatic heterocycles. The number of hydrogen-bond donors (Lipinski definition) is 1. The van der Waals surface area contributed by atoms with E-state index in [1.54, 1.807) is 13.8 Å². The zero-order valence-electron chi connectivity index (χ0n) is 13.2. The van der Waals surface area contributed by atoms with E-state index in [0.717, 1.165) is 12.8 Å². The Morgan fingerprint density at radius 2 is 1.96 bits per heavy atom. The van der Waals surface area contributed by atoms with Gasteiger partial charge in [-0.15, -0.1) is 0 Å². The van der Waals surface area contributed by atoms with Crippen molar-refractivity contribution >= 4 is 16.0 Å². The van der Waals surface area contributed by atoms with Crippen LogP contribution in [0.2, 0.25) is 0 Å².